The summed E-state index contributed by atoms with van der Waals surface area (Å²) >= 11 is 12.3. The molecule has 2 amide bonds. The van der Waals surface area contributed by atoms with Crippen molar-refractivity contribution in [3.63, 3.8) is 0 Å². The normalized spacial score (nSPS) is 15.6. The third-order valence-electron chi connectivity index (χ3n) is 6.68. The first-order chi connectivity index (χ1) is 18.2. The minimum Gasteiger partial charge on any atom is -0.345 e. The average molecular weight is 575 g/mol. The van der Waals surface area contributed by atoms with E-state index in [0.717, 1.165) is 5.56 Å². The molecular weight excluding hydrogens is 545 g/mol. The van der Waals surface area contributed by atoms with Gasteiger partial charge < -0.3 is 10.6 Å². The van der Waals surface area contributed by atoms with E-state index in [-0.39, 0.29) is 42.6 Å². The highest BCUT2D eigenvalue weighted by Crippen LogP contribution is 2.29. The molecule has 0 saturated carbocycles. The summed E-state index contributed by atoms with van der Waals surface area (Å²) in [7, 11) is -3.66. The van der Waals surface area contributed by atoms with Gasteiger partial charge in [0.15, 0.2) is 0 Å². The fourth-order valence-electron chi connectivity index (χ4n) is 4.46. The molecule has 0 bridgehead atoms. The SMILES string of the molecule is C[C@H](NC(=O)c1ccccc1NC(=O)C1CCN(S(=O)(=O)Cc2c(Cl)cccc2Cl)CC1)c1ccccc1. The molecule has 0 aliphatic carbocycles. The largest absolute Gasteiger partial charge is 0.345 e. The highest BCUT2D eigenvalue weighted by atomic mass is 35.5. The van der Waals surface area contributed by atoms with Crippen LogP contribution in [0.15, 0.2) is 72.8 Å². The van der Waals surface area contributed by atoms with Gasteiger partial charge in [-0.15, -0.1) is 0 Å². The third-order valence-corrected chi connectivity index (χ3v) is 9.20. The molecule has 1 fully saturated rings. The molecule has 1 heterocycles. The number of nitrogens with zero attached hydrogens (tertiary/aromatic N) is 1. The van der Waals surface area contributed by atoms with Crippen LogP contribution in [0.5, 0.6) is 0 Å². The molecule has 1 aliphatic heterocycles. The van der Waals surface area contributed by atoms with Crippen LogP contribution < -0.4 is 10.6 Å². The minimum absolute atomic E-state index is 0.208. The second kappa shape index (κ2) is 12.3. The van der Waals surface area contributed by atoms with Crippen molar-refractivity contribution in [1.29, 1.82) is 0 Å². The Hall–Kier alpha value is -2.91. The fraction of sp³-hybridized carbons (Fsp3) is 0.286. The highest BCUT2D eigenvalue weighted by molar-refractivity contribution is 7.88. The van der Waals surface area contributed by atoms with E-state index in [0.29, 0.717) is 39.7 Å². The number of para-hydroxylation sites is 1. The number of rotatable bonds is 8. The van der Waals surface area contributed by atoms with Crippen molar-refractivity contribution in [3.05, 3.63) is 99.5 Å². The zero-order valence-electron chi connectivity index (χ0n) is 20.9. The number of piperidine rings is 1. The zero-order chi connectivity index (χ0) is 27.3. The molecule has 3 aromatic carbocycles. The van der Waals surface area contributed by atoms with E-state index in [4.69, 9.17) is 23.2 Å². The lowest BCUT2D eigenvalue weighted by molar-refractivity contribution is -0.120. The maximum Gasteiger partial charge on any atom is 0.253 e. The van der Waals surface area contributed by atoms with Gasteiger partial charge in [-0.3, -0.25) is 9.59 Å². The van der Waals surface area contributed by atoms with Gasteiger partial charge in [0.25, 0.3) is 5.91 Å². The van der Waals surface area contributed by atoms with Crippen LogP contribution in [0.2, 0.25) is 10.0 Å². The molecule has 1 saturated heterocycles. The molecule has 38 heavy (non-hydrogen) atoms. The van der Waals surface area contributed by atoms with Crippen molar-refractivity contribution in [2.45, 2.75) is 31.6 Å². The molecule has 1 aliphatic rings. The number of hydrogen-bond acceptors (Lipinski definition) is 4. The van der Waals surface area contributed by atoms with Gasteiger partial charge in [-0.05, 0) is 49.6 Å². The minimum atomic E-state index is -3.66. The number of anilines is 1. The number of sulfonamides is 1. The molecule has 0 radical (unpaired) electrons. The number of halogens is 2. The van der Waals surface area contributed by atoms with E-state index in [9.17, 15) is 18.0 Å². The Bertz CT molecular complexity index is 1390. The average Bonchev–Trinajstić information content (AvgIpc) is 2.91. The second-order valence-corrected chi connectivity index (χ2v) is 12.1. The highest BCUT2D eigenvalue weighted by Gasteiger charge is 2.32. The van der Waals surface area contributed by atoms with Crippen LogP contribution in [-0.2, 0) is 20.6 Å². The van der Waals surface area contributed by atoms with Crippen molar-refractivity contribution in [2.24, 2.45) is 5.92 Å². The molecule has 10 heteroatoms. The summed E-state index contributed by atoms with van der Waals surface area (Å²) in [6.07, 6.45) is 0.724. The van der Waals surface area contributed by atoms with Crippen molar-refractivity contribution in [2.75, 3.05) is 18.4 Å². The molecule has 0 spiro atoms. The summed E-state index contributed by atoms with van der Waals surface area (Å²) in [5, 5.41) is 6.46. The molecule has 4 rings (SSSR count). The van der Waals surface area contributed by atoms with Crippen molar-refractivity contribution < 1.29 is 18.0 Å². The molecular formula is C28H29Cl2N3O4S. The summed E-state index contributed by atoms with van der Waals surface area (Å²) in [4.78, 5) is 26.1. The summed E-state index contributed by atoms with van der Waals surface area (Å²) < 4.78 is 27.4. The van der Waals surface area contributed by atoms with Crippen LogP contribution in [-0.4, -0.2) is 37.6 Å². The Balaban J connectivity index is 1.37. The fourth-order valence-corrected chi connectivity index (χ4v) is 6.78. The van der Waals surface area contributed by atoms with Gasteiger partial charge >= 0.3 is 0 Å². The third kappa shape index (κ3) is 6.74. The van der Waals surface area contributed by atoms with Crippen LogP contribution in [0.1, 0.15) is 47.3 Å². The maximum absolute atomic E-state index is 13.1. The molecule has 200 valence electrons. The first-order valence-electron chi connectivity index (χ1n) is 12.3. The van der Waals surface area contributed by atoms with Gasteiger partial charge in [0, 0.05) is 34.6 Å². The van der Waals surface area contributed by atoms with Gasteiger partial charge in [-0.1, -0.05) is 71.7 Å². The molecule has 2 N–H and O–H groups in total. The van der Waals surface area contributed by atoms with Gasteiger partial charge in [-0.2, -0.15) is 0 Å². The summed E-state index contributed by atoms with van der Waals surface area (Å²) in [5.41, 5.74) is 2.12. The van der Waals surface area contributed by atoms with Gasteiger partial charge in [0.2, 0.25) is 15.9 Å². The standard InChI is InChI=1S/C28H29Cl2N3O4S/c1-19(20-8-3-2-4-9-20)31-28(35)22-10-5-6-13-26(22)32-27(34)21-14-16-33(17-15-21)38(36,37)18-23-24(29)11-7-12-25(23)30/h2-13,19,21H,14-18H2,1H3,(H,31,35)(H,32,34)/t19-/m0/s1. The van der Waals surface area contributed by atoms with Gasteiger partial charge in [-0.25, -0.2) is 12.7 Å². The smallest absolute Gasteiger partial charge is 0.253 e. The first kappa shape index (κ1) is 28.1. The summed E-state index contributed by atoms with van der Waals surface area (Å²) in [5.74, 6) is -1.22. The second-order valence-electron chi connectivity index (χ2n) is 9.27. The number of nitrogens with one attached hydrogen (secondary N) is 2. The lowest BCUT2D eigenvalue weighted by Crippen LogP contribution is -2.42. The number of hydrogen-bond donors (Lipinski definition) is 2. The number of carbonyl (C=O) groups excluding carboxylic acids is 2. The quantitative estimate of drug-likeness (QED) is 0.363. The van der Waals surface area contributed by atoms with E-state index in [1.165, 1.54) is 4.31 Å². The van der Waals surface area contributed by atoms with Crippen molar-refractivity contribution in [1.82, 2.24) is 9.62 Å². The molecule has 3 aromatic rings. The van der Waals surface area contributed by atoms with Gasteiger partial charge in [0.05, 0.1) is 23.0 Å². The van der Waals surface area contributed by atoms with E-state index in [1.807, 2.05) is 37.3 Å². The predicted molar refractivity (Wildman–Crippen MR) is 151 cm³/mol. The topological polar surface area (TPSA) is 95.6 Å². The monoisotopic (exact) mass is 573 g/mol. The van der Waals surface area contributed by atoms with E-state index >= 15 is 0 Å². The Kier molecular flexibility index (Phi) is 9.10. The Morgan fingerprint density at radius 2 is 1.53 bits per heavy atom. The van der Waals surface area contributed by atoms with Gasteiger partial charge in [0.1, 0.15) is 0 Å². The van der Waals surface area contributed by atoms with E-state index in [2.05, 4.69) is 10.6 Å². The van der Waals surface area contributed by atoms with Crippen molar-refractivity contribution >= 4 is 50.7 Å². The molecule has 0 aromatic heterocycles. The lowest BCUT2D eigenvalue weighted by Gasteiger charge is -2.31. The Morgan fingerprint density at radius 1 is 0.921 bits per heavy atom. The Morgan fingerprint density at radius 3 is 2.18 bits per heavy atom. The molecule has 0 unspecified atom stereocenters. The lowest BCUT2D eigenvalue weighted by atomic mass is 9.97. The number of amides is 2. The maximum atomic E-state index is 13.1. The van der Waals surface area contributed by atoms with E-state index < -0.39 is 10.0 Å². The van der Waals surface area contributed by atoms with Crippen molar-refractivity contribution in [3.8, 4) is 0 Å². The molecule has 7 nitrogen and oxygen atoms in total. The zero-order valence-corrected chi connectivity index (χ0v) is 23.2. The Labute approximate surface area is 233 Å². The number of carbonyl (C=O) groups is 2. The number of benzene rings is 3. The van der Waals surface area contributed by atoms with Crippen LogP contribution in [0.3, 0.4) is 0 Å². The van der Waals surface area contributed by atoms with E-state index in [1.54, 1.807) is 42.5 Å². The summed E-state index contributed by atoms with van der Waals surface area (Å²) in [6.45, 7) is 2.31. The van der Waals surface area contributed by atoms with Crippen LogP contribution in [0.4, 0.5) is 5.69 Å². The first-order valence-corrected chi connectivity index (χ1v) is 14.7. The van der Waals surface area contributed by atoms with Crippen LogP contribution in [0.25, 0.3) is 0 Å². The predicted octanol–water partition coefficient (Wildman–Crippen LogP) is 5.66. The van der Waals surface area contributed by atoms with Crippen LogP contribution >= 0.6 is 23.2 Å². The summed E-state index contributed by atoms with van der Waals surface area (Å²) in [6, 6.07) is 21.1. The molecule has 1 atom stereocenters. The van der Waals surface area contributed by atoms with Crippen LogP contribution in [0, 0.1) is 5.92 Å².